The average molecular weight is 324 g/mol. The number of hydrogen-bond acceptors (Lipinski definition) is 2. The first-order valence-corrected chi connectivity index (χ1v) is 8.83. The molecule has 2 aromatic rings. The molecule has 2 aliphatic rings. The molecule has 0 unspecified atom stereocenters. The second-order valence-electron chi connectivity index (χ2n) is 6.88. The smallest absolute Gasteiger partial charge is 0.317 e. The molecule has 1 aliphatic heterocycles. The number of rotatable bonds is 2. The Morgan fingerprint density at radius 2 is 1.96 bits per heavy atom. The normalized spacial score (nSPS) is 20.9. The number of amides is 2. The number of likely N-dealkylation sites (tertiary alicyclic amines) is 1. The molecule has 1 aromatic heterocycles. The number of piperidine rings is 1. The van der Waals surface area contributed by atoms with Crippen LogP contribution in [0.5, 0.6) is 0 Å². The minimum atomic E-state index is 0.0835. The standard InChI is InChI=1S/C19H24N4O/c1-22-18(8-11-20-22)15-9-12-23(13-10-15)19(24)21-17-7-6-14-4-2-3-5-16(14)17/h2-5,8,11,15,17H,6-7,9-10,12-13H2,1H3,(H,21,24)/t17-/m0/s1. The van der Waals surface area contributed by atoms with Gasteiger partial charge in [-0.1, -0.05) is 24.3 Å². The molecule has 1 atom stereocenters. The van der Waals surface area contributed by atoms with Crippen molar-refractivity contribution < 1.29 is 4.79 Å². The Morgan fingerprint density at radius 1 is 1.17 bits per heavy atom. The number of urea groups is 1. The second-order valence-corrected chi connectivity index (χ2v) is 6.88. The van der Waals surface area contributed by atoms with E-state index in [1.165, 1.54) is 16.8 Å². The van der Waals surface area contributed by atoms with Crippen LogP contribution in [-0.2, 0) is 13.5 Å². The van der Waals surface area contributed by atoms with E-state index in [1.807, 2.05) is 22.8 Å². The summed E-state index contributed by atoms with van der Waals surface area (Å²) in [7, 11) is 1.99. The van der Waals surface area contributed by atoms with Crippen LogP contribution in [0.2, 0.25) is 0 Å². The van der Waals surface area contributed by atoms with Crippen molar-refractivity contribution >= 4 is 6.03 Å². The zero-order valence-electron chi connectivity index (χ0n) is 14.1. The third-order valence-electron chi connectivity index (χ3n) is 5.49. The Morgan fingerprint density at radius 3 is 2.71 bits per heavy atom. The Kier molecular flexibility index (Phi) is 4.00. The number of carbonyl (C=O) groups excluding carboxylic acids is 1. The summed E-state index contributed by atoms with van der Waals surface area (Å²) in [5.74, 6) is 0.508. The van der Waals surface area contributed by atoms with Gasteiger partial charge in [0.05, 0.1) is 6.04 Å². The molecule has 4 rings (SSSR count). The first kappa shape index (κ1) is 15.2. The van der Waals surface area contributed by atoms with Gasteiger partial charge in [0.15, 0.2) is 0 Å². The van der Waals surface area contributed by atoms with Crippen LogP contribution in [-0.4, -0.2) is 33.8 Å². The van der Waals surface area contributed by atoms with Gasteiger partial charge >= 0.3 is 6.03 Å². The fraction of sp³-hybridized carbons (Fsp3) is 0.474. The first-order chi connectivity index (χ1) is 11.7. The quantitative estimate of drug-likeness (QED) is 0.923. The fourth-order valence-electron chi connectivity index (χ4n) is 4.11. The van der Waals surface area contributed by atoms with Crippen molar-refractivity contribution in [1.82, 2.24) is 20.0 Å². The number of benzene rings is 1. The topological polar surface area (TPSA) is 50.2 Å². The van der Waals surface area contributed by atoms with Gasteiger partial charge < -0.3 is 10.2 Å². The summed E-state index contributed by atoms with van der Waals surface area (Å²) in [6.45, 7) is 1.63. The van der Waals surface area contributed by atoms with Gasteiger partial charge in [-0.15, -0.1) is 0 Å². The summed E-state index contributed by atoms with van der Waals surface area (Å²) in [4.78, 5) is 14.6. The monoisotopic (exact) mass is 324 g/mol. The van der Waals surface area contributed by atoms with Crippen molar-refractivity contribution in [2.75, 3.05) is 13.1 Å². The molecule has 0 bridgehead atoms. The van der Waals surface area contributed by atoms with Gasteiger partial charge in [0.25, 0.3) is 0 Å². The van der Waals surface area contributed by atoms with Crippen LogP contribution >= 0.6 is 0 Å². The number of aromatic nitrogens is 2. The lowest BCUT2D eigenvalue weighted by molar-refractivity contribution is 0.176. The van der Waals surface area contributed by atoms with Crippen LogP contribution in [0, 0.1) is 0 Å². The van der Waals surface area contributed by atoms with Gasteiger partial charge in [0.1, 0.15) is 0 Å². The SMILES string of the molecule is Cn1nccc1C1CCN(C(=O)N[C@H]2CCc3ccccc32)CC1. The molecule has 1 N–H and O–H groups in total. The van der Waals surface area contributed by atoms with E-state index in [9.17, 15) is 4.79 Å². The Bertz CT molecular complexity index is 730. The lowest BCUT2D eigenvalue weighted by Gasteiger charge is -2.33. The van der Waals surface area contributed by atoms with E-state index in [-0.39, 0.29) is 12.1 Å². The van der Waals surface area contributed by atoms with Crippen molar-refractivity contribution in [2.24, 2.45) is 7.05 Å². The number of fused-ring (bicyclic) bond motifs is 1. The highest BCUT2D eigenvalue weighted by atomic mass is 16.2. The maximum absolute atomic E-state index is 12.6. The first-order valence-electron chi connectivity index (χ1n) is 8.83. The van der Waals surface area contributed by atoms with E-state index in [0.29, 0.717) is 5.92 Å². The number of aryl methyl sites for hydroxylation is 2. The molecule has 24 heavy (non-hydrogen) atoms. The summed E-state index contributed by atoms with van der Waals surface area (Å²) in [5.41, 5.74) is 3.94. The van der Waals surface area contributed by atoms with E-state index < -0.39 is 0 Å². The number of hydrogen-bond donors (Lipinski definition) is 1. The van der Waals surface area contributed by atoms with E-state index >= 15 is 0 Å². The van der Waals surface area contributed by atoms with Crippen molar-refractivity contribution in [3.05, 3.63) is 53.3 Å². The van der Waals surface area contributed by atoms with E-state index in [1.54, 1.807) is 0 Å². The maximum atomic E-state index is 12.6. The number of nitrogens with zero attached hydrogens (tertiary/aromatic N) is 3. The van der Waals surface area contributed by atoms with Crippen LogP contribution in [0.25, 0.3) is 0 Å². The molecule has 0 saturated carbocycles. The molecule has 5 nitrogen and oxygen atoms in total. The van der Waals surface area contributed by atoms with Crippen molar-refractivity contribution in [3.63, 3.8) is 0 Å². The van der Waals surface area contributed by atoms with Gasteiger partial charge in [-0.3, -0.25) is 4.68 Å². The highest BCUT2D eigenvalue weighted by molar-refractivity contribution is 5.75. The number of carbonyl (C=O) groups is 1. The highest BCUT2D eigenvalue weighted by Gasteiger charge is 2.28. The van der Waals surface area contributed by atoms with Crippen LogP contribution in [0.3, 0.4) is 0 Å². The predicted molar refractivity (Wildman–Crippen MR) is 92.8 cm³/mol. The third-order valence-corrected chi connectivity index (χ3v) is 5.49. The predicted octanol–water partition coefficient (Wildman–Crippen LogP) is 3.00. The zero-order chi connectivity index (χ0) is 16.5. The zero-order valence-corrected chi connectivity index (χ0v) is 14.1. The third kappa shape index (κ3) is 2.79. The van der Waals surface area contributed by atoms with Gasteiger partial charge in [0.2, 0.25) is 0 Å². The minimum absolute atomic E-state index is 0.0835. The lowest BCUT2D eigenvalue weighted by atomic mass is 9.93. The molecule has 1 aromatic carbocycles. The molecule has 0 spiro atoms. The molecular weight excluding hydrogens is 300 g/mol. The lowest BCUT2D eigenvalue weighted by Crippen LogP contribution is -2.45. The van der Waals surface area contributed by atoms with Gasteiger partial charge in [-0.2, -0.15) is 5.10 Å². The molecule has 0 radical (unpaired) electrons. The van der Waals surface area contributed by atoms with E-state index in [4.69, 9.17) is 0 Å². The summed E-state index contributed by atoms with van der Waals surface area (Å²) in [5, 5.41) is 7.49. The van der Waals surface area contributed by atoms with Crippen LogP contribution in [0.15, 0.2) is 36.5 Å². The average Bonchev–Trinajstić information content (AvgIpc) is 3.22. The van der Waals surface area contributed by atoms with Gasteiger partial charge in [0, 0.05) is 37.9 Å². The van der Waals surface area contributed by atoms with E-state index in [0.717, 1.165) is 38.8 Å². The van der Waals surface area contributed by atoms with Crippen LogP contribution < -0.4 is 5.32 Å². The Labute approximate surface area is 142 Å². The molecule has 5 heteroatoms. The van der Waals surface area contributed by atoms with Crippen molar-refractivity contribution in [1.29, 1.82) is 0 Å². The highest BCUT2D eigenvalue weighted by Crippen LogP contribution is 2.31. The summed E-state index contributed by atoms with van der Waals surface area (Å²) >= 11 is 0. The molecular formula is C19H24N4O. The summed E-state index contributed by atoms with van der Waals surface area (Å²) in [6.07, 6.45) is 5.94. The largest absolute Gasteiger partial charge is 0.331 e. The Hall–Kier alpha value is -2.30. The molecule has 1 saturated heterocycles. The van der Waals surface area contributed by atoms with Crippen molar-refractivity contribution in [2.45, 2.75) is 37.6 Å². The minimum Gasteiger partial charge on any atom is -0.331 e. The fourth-order valence-corrected chi connectivity index (χ4v) is 4.11. The molecule has 126 valence electrons. The molecule has 1 fully saturated rings. The molecule has 2 heterocycles. The summed E-state index contributed by atoms with van der Waals surface area (Å²) in [6, 6.07) is 10.8. The van der Waals surface area contributed by atoms with Crippen LogP contribution in [0.4, 0.5) is 4.79 Å². The number of nitrogens with one attached hydrogen (secondary N) is 1. The van der Waals surface area contributed by atoms with Crippen LogP contribution in [0.1, 0.15) is 48.0 Å². The Balaban J connectivity index is 1.35. The maximum Gasteiger partial charge on any atom is 0.317 e. The molecule has 2 amide bonds. The second kappa shape index (κ2) is 6.30. The molecule has 1 aliphatic carbocycles. The summed E-state index contributed by atoms with van der Waals surface area (Å²) < 4.78 is 1.95. The van der Waals surface area contributed by atoms with E-state index in [2.05, 4.69) is 40.7 Å². The van der Waals surface area contributed by atoms with Crippen molar-refractivity contribution in [3.8, 4) is 0 Å². The van der Waals surface area contributed by atoms with Gasteiger partial charge in [-0.25, -0.2) is 4.79 Å². The van der Waals surface area contributed by atoms with Gasteiger partial charge in [-0.05, 0) is 42.9 Å².